The lowest BCUT2D eigenvalue weighted by atomic mass is 10.0. The molecule has 0 aliphatic heterocycles. The number of amides is 2. The summed E-state index contributed by atoms with van der Waals surface area (Å²) in [5.41, 5.74) is -0.468. The Morgan fingerprint density at radius 2 is 1.93 bits per heavy atom. The van der Waals surface area contributed by atoms with Gasteiger partial charge in [0.25, 0.3) is 0 Å². The molecule has 0 aliphatic rings. The standard InChI is InChI=1S/C18H24BrClN2O6/c1-5-27-15(24)8-13(11-6-10(19)7-12(20)16(11)25)22-14(23)9-21-17(26)28-18(2,3)4/h6-7,13,25H,5,8-9H2,1-4H3,(H,21,26)(H,22,23)/t13-/m1/s1. The summed E-state index contributed by atoms with van der Waals surface area (Å²) in [6.45, 7) is 6.54. The molecule has 0 spiro atoms. The maximum atomic E-state index is 12.3. The van der Waals surface area contributed by atoms with Gasteiger partial charge in [-0.15, -0.1) is 0 Å². The molecule has 1 aromatic carbocycles. The van der Waals surface area contributed by atoms with Gasteiger partial charge >= 0.3 is 12.1 Å². The van der Waals surface area contributed by atoms with Crippen LogP contribution in [-0.2, 0) is 19.1 Å². The number of hydrogen-bond acceptors (Lipinski definition) is 6. The van der Waals surface area contributed by atoms with Gasteiger partial charge < -0.3 is 25.2 Å². The molecule has 8 nitrogen and oxygen atoms in total. The van der Waals surface area contributed by atoms with Gasteiger partial charge in [-0.25, -0.2) is 4.79 Å². The Kier molecular flexibility index (Phi) is 9.03. The summed E-state index contributed by atoms with van der Waals surface area (Å²) < 4.78 is 10.5. The van der Waals surface area contributed by atoms with Gasteiger partial charge in [0.2, 0.25) is 5.91 Å². The molecule has 156 valence electrons. The number of rotatable bonds is 7. The Balaban J connectivity index is 2.91. The number of esters is 1. The fourth-order valence-corrected chi connectivity index (χ4v) is 3.02. The molecule has 0 bridgehead atoms. The zero-order valence-corrected chi connectivity index (χ0v) is 18.4. The molecule has 0 heterocycles. The van der Waals surface area contributed by atoms with Gasteiger partial charge in [-0.3, -0.25) is 9.59 Å². The summed E-state index contributed by atoms with van der Waals surface area (Å²) >= 11 is 9.24. The third kappa shape index (κ3) is 8.35. The van der Waals surface area contributed by atoms with Crippen LogP contribution in [0, 0.1) is 0 Å². The van der Waals surface area contributed by atoms with E-state index >= 15 is 0 Å². The molecule has 0 radical (unpaired) electrons. The van der Waals surface area contributed by atoms with E-state index < -0.39 is 29.6 Å². The van der Waals surface area contributed by atoms with Crippen LogP contribution in [0.1, 0.15) is 45.7 Å². The zero-order chi connectivity index (χ0) is 21.5. The molecule has 0 unspecified atom stereocenters. The second-order valence-electron chi connectivity index (χ2n) is 6.81. The molecule has 1 atom stereocenters. The molecule has 28 heavy (non-hydrogen) atoms. The molecular formula is C18H24BrClN2O6. The van der Waals surface area contributed by atoms with E-state index in [0.717, 1.165) is 0 Å². The number of benzene rings is 1. The van der Waals surface area contributed by atoms with Gasteiger partial charge in [0.05, 0.1) is 24.1 Å². The molecule has 3 N–H and O–H groups in total. The number of carbonyl (C=O) groups is 3. The molecule has 0 fully saturated rings. The van der Waals surface area contributed by atoms with E-state index in [-0.39, 0.29) is 35.9 Å². The van der Waals surface area contributed by atoms with E-state index in [1.807, 2.05) is 0 Å². The largest absolute Gasteiger partial charge is 0.506 e. The number of aromatic hydroxyl groups is 1. The minimum atomic E-state index is -0.915. The minimum absolute atomic E-state index is 0.0550. The van der Waals surface area contributed by atoms with E-state index in [1.165, 1.54) is 12.1 Å². The van der Waals surface area contributed by atoms with Crippen LogP contribution in [0.4, 0.5) is 4.79 Å². The Morgan fingerprint density at radius 3 is 2.50 bits per heavy atom. The van der Waals surface area contributed by atoms with Gasteiger partial charge in [0, 0.05) is 10.0 Å². The summed E-state index contributed by atoms with van der Waals surface area (Å²) in [4.78, 5) is 35.9. The molecular weight excluding hydrogens is 456 g/mol. The maximum absolute atomic E-state index is 12.3. The Morgan fingerprint density at radius 1 is 1.29 bits per heavy atom. The van der Waals surface area contributed by atoms with E-state index in [1.54, 1.807) is 27.7 Å². The summed E-state index contributed by atoms with van der Waals surface area (Å²) in [6, 6.07) is 2.10. The SMILES string of the molecule is CCOC(=O)C[C@@H](NC(=O)CNC(=O)OC(C)(C)C)c1cc(Br)cc(Cl)c1O. The molecule has 1 rings (SSSR count). The quantitative estimate of drug-likeness (QED) is 0.516. The van der Waals surface area contributed by atoms with Crippen LogP contribution in [0.3, 0.4) is 0 Å². The smallest absolute Gasteiger partial charge is 0.408 e. The van der Waals surface area contributed by atoms with Crippen molar-refractivity contribution in [2.45, 2.75) is 45.8 Å². The molecule has 10 heteroatoms. The lowest BCUT2D eigenvalue weighted by Gasteiger charge is -2.22. The Bertz CT molecular complexity index is 736. The van der Waals surface area contributed by atoms with E-state index in [2.05, 4.69) is 26.6 Å². The third-order valence-corrected chi connectivity index (χ3v) is 3.98. The van der Waals surface area contributed by atoms with Crippen LogP contribution in [0.2, 0.25) is 5.02 Å². The van der Waals surface area contributed by atoms with Gasteiger partial charge in [-0.2, -0.15) is 0 Å². The van der Waals surface area contributed by atoms with Crippen LogP contribution in [0.15, 0.2) is 16.6 Å². The van der Waals surface area contributed by atoms with Crippen molar-refractivity contribution in [3.63, 3.8) is 0 Å². The first-order chi connectivity index (χ1) is 12.9. The first-order valence-corrected chi connectivity index (χ1v) is 9.69. The van der Waals surface area contributed by atoms with Crippen LogP contribution < -0.4 is 10.6 Å². The van der Waals surface area contributed by atoms with Crippen LogP contribution in [0.5, 0.6) is 5.75 Å². The first-order valence-electron chi connectivity index (χ1n) is 8.52. The van der Waals surface area contributed by atoms with E-state index in [9.17, 15) is 19.5 Å². The highest BCUT2D eigenvalue weighted by Gasteiger charge is 2.24. The number of carbonyl (C=O) groups excluding carboxylic acids is 3. The number of phenolic OH excluding ortho intramolecular Hbond substituents is 1. The van der Waals surface area contributed by atoms with Crippen molar-refractivity contribution >= 4 is 45.5 Å². The van der Waals surface area contributed by atoms with Gasteiger partial charge in [0.1, 0.15) is 17.9 Å². The second-order valence-corrected chi connectivity index (χ2v) is 8.13. The van der Waals surface area contributed by atoms with Crippen molar-refractivity contribution in [2.75, 3.05) is 13.2 Å². The number of hydrogen-bond donors (Lipinski definition) is 3. The number of phenols is 1. The van der Waals surface area contributed by atoms with Gasteiger partial charge in [-0.1, -0.05) is 27.5 Å². The highest BCUT2D eigenvalue weighted by Crippen LogP contribution is 2.36. The monoisotopic (exact) mass is 478 g/mol. The number of halogens is 2. The molecule has 0 saturated heterocycles. The molecule has 1 aromatic rings. The summed E-state index contributed by atoms with van der Waals surface area (Å²) in [5.74, 6) is -1.42. The number of ether oxygens (including phenoxy) is 2. The fourth-order valence-electron chi connectivity index (χ4n) is 2.19. The summed E-state index contributed by atoms with van der Waals surface area (Å²) in [6.07, 6.45) is -0.982. The van der Waals surface area contributed by atoms with E-state index in [4.69, 9.17) is 21.1 Å². The van der Waals surface area contributed by atoms with E-state index in [0.29, 0.717) is 4.47 Å². The average molecular weight is 480 g/mol. The second kappa shape index (κ2) is 10.5. The molecule has 0 aliphatic carbocycles. The Labute approximate surface area is 177 Å². The van der Waals surface area contributed by atoms with Crippen LogP contribution in [-0.4, -0.2) is 41.8 Å². The summed E-state index contributed by atoms with van der Waals surface area (Å²) in [5, 5.41) is 15.2. The van der Waals surface area contributed by atoms with Gasteiger partial charge in [0.15, 0.2) is 0 Å². The van der Waals surface area contributed by atoms with Crippen molar-refractivity contribution in [1.82, 2.24) is 10.6 Å². The van der Waals surface area contributed by atoms with Crippen LogP contribution >= 0.6 is 27.5 Å². The first kappa shape index (κ1) is 24.0. The van der Waals surface area contributed by atoms with Crippen molar-refractivity contribution in [2.24, 2.45) is 0 Å². The summed E-state index contributed by atoms with van der Waals surface area (Å²) in [7, 11) is 0. The third-order valence-electron chi connectivity index (χ3n) is 3.24. The zero-order valence-electron chi connectivity index (χ0n) is 16.1. The van der Waals surface area contributed by atoms with Gasteiger partial charge in [-0.05, 0) is 39.8 Å². The lowest BCUT2D eigenvalue weighted by Crippen LogP contribution is -2.41. The Hall–Kier alpha value is -2.00. The predicted molar refractivity (Wildman–Crippen MR) is 107 cm³/mol. The number of nitrogens with one attached hydrogen (secondary N) is 2. The highest BCUT2D eigenvalue weighted by molar-refractivity contribution is 9.10. The minimum Gasteiger partial charge on any atom is -0.506 e. The maximum Gasteiger partial charge on any atom is 0.408 e. The normalized spacial score (nSPS) is 12.1. The molecule has 2 amide bonds. The highest BCUT2D eigenvalue weighted by atomic mass is 79.9. The number of alkyl carbamates (subject to hydrolysis) is 1. The van der Waals surface area contributed by atoms with Crippen molar-refractivity contribution in [3.05, 3.63) is 27.2 Å². The average Bonchev–Trinajstić information content (AvgIpc) is 2.54. The van der Waals surface area contributed by atoms with Crippen molar-refractivity contribution in [1.29, 1.82) is 0 Å². The molecule has 0 saturated carbocycles. The predicted octanol–water partition coefficient (Wildman–Crippen LogP) is 3.44. The van der Waals surface area contributed by atoms with Crippen molar-refractivity contribution < 1.29 is 29.0 Å². The lowest BCUT2D eigenvalue weighted by molar-refractivity contribution is -0.143. The van der Waals surface area contributed by atoms with Crippen molar-refractivity contribution in [3.8, 4) is 5.75 Å². The van der Waals surface area contributed by atoms with Crippen LogP contribution in [0.25, 0.3) is 0 Å². The molecule has 0 aromatic heterocycles. The fraction of sp³-hybridized carbons (Fsp3) is 0.500. The topological polar surface area (TPSA) is 114 Å².